The number of aryl methyl sites for hydroxylation is 3. The largest absolute Gasteiger partial charge is 0.319 e. The number of nitrogens with zero attached hydrogens (tertiary/aromatic N) is 1. The second kappa shape index (κ2) is 5.36. The summed E-state index contributed by atoms with van der Waals surface area (Å²) in [5.74, 6) is 0. The Morgan fingerprint density at radius 3 is 2.50 bits per heavy atom. The standard InChI is InChI=1S/C15H21N3/c1-10-7-12(3)13(8-11(10)2)14-9-17-18-15(14)5-6-16-4/h7-9,16H,5-6H2,1-4H3,(H,17,18). The van der Waals surface area contributed by atoms with Gasteiger partial charge in [-0.3, -0.25) is 5.10 Å². The summed E-state index contributed by atoms with van der Waals surface area (Å²) >= 11 is 0. The highest BCUT2D eigenvalue weighted by molar-refractivity contribution is 5.70. The van der Waals surface area contributed by atoms with Crippen LogP contribution in [-0.4, -0.2) is 23.8 Å². The van der Waals surface area contributed by atoms with E-state index < -0.39 is 0 Å². The molecule has 3 nitrogen and oxygen atoms in total. The minimum atomic E-state index is 0.957. The molecule has 2 rings (SSSR count). The molecule has 0 spiro atoms. The lowest BCUT2D eigenvalue weighted by atomic mass is 9.95. The van der Waals surface area contributed by atoms with Gasteiger partial charge in [0.25, 0.3) is 0 Å². The minimum Gasteiger partial charge on any atom is -0.319 e. The van der Waals surface area contributed by atoms with Crippen molar-refractivity contribution in [3.8, 4) is 11.1 Å². The van der Waals surface area contributed by atoms with Crippen molar-refractivity contribution in [2.24, 2.45) is 0 Å². The van der Waals surface area contributed by atoms with Gasteiger partial charge in [0.05, 0.1) is 6.20 Å². The highest BCUT2D eigenvalue weighted by Gasteiger charge is 2.10. The van der Waals surface area contributed by atoms with Gasteiger partial charge in [-0.25, -0.2) is 0 Å². The third-order valence-corrected chi connectivity index (χ3v) is 3.47. The molecule has 18 heavy (non-hydrogen) atoms. The first-order valence-electron chi connectivity index (χ1n) is 6.38. The Morgan fingerprint density at radius 2 is 1.78 bits per heavy atom. The van der Waals surface area contributed by atoms with Crippen molar-refractivity contribution in [1.29, 1.82) is 0 Å². The number of H-pyrrole nitrogens is 1. The fraction of sp³-hybridized carbons (Fsp3) is 0.400. The predicted octanol–water partition coefficient (Wildman–Crippen LogP) is 2.76. The smallest absolute Gasteiger partial charge is 0.0568 e. The molecular formula is C15H21N3. The fourth-order valence-electron chi connectivity index (χ4n) is 2.24. The molecule has 1 aromatic heterocycles. The predicted molar refractivity (Wildman–Crippen MR) is 75.9 cm³/mol. The lowest BCUT2D eigenvalue weighted by Crippen LogP contribution is -2.11. The van der Waals surface area contributed by atoms with Crippen molar-refractivity contribution in [3.63, 3.8) is 0 Å². The van der Waals surface area contributed by atoms with Crippen LogP contribution in [-0.2, 0) is 6.42 Å². The first kappa shape index (κ1) is 12.8. The number of benzene rings is 1. The van der Waals surface area contributed by atoms with Gasteiger partial charge in [-0.05, 0) is 50.1 Å². The summed E-state index contributed by atoms with van der Waals surface area (Å²) in [4.78, 5) is 0. The SMILES string of the molecule is CNCCc1[nH]ncc1-c1cc(C)c(C)cc1C. The van der Waals surface area contributed by atoms with E-state index >= 15 is 0 Å². The molecule has 0 saturated carbocycles. The summed E-state index contributed by atoms with van der Waals surface area (Å²) in [6, 6.07) is 4.51. The first-order chi connectivity index (χ1) is 8.63. The van der Waals surface area contributed by atoms with E-state index in [1.807, 2.05) is 13.2 Å². The zero-order valence-corrected chi connectivity index (χ0v) is 11.6. The second-order valence-corrected chi connectivity index (χ2v) is 4.87. The van der Waals surface area contributed by atoms with Crippen molar-refractivity contribution in [1.82, 2.24) is 15.5 Å². The summed E-state index contributed by atoms with van der Waals surface area (Å²) in [6.45, 7) is 7.44. The number of nitrogens with one attached hydrogen (secondary N) is 2. The fourth-order valence-corrected chi connectivity index (χ4v) is 2.24. The Bertz CT molecular complexity index is 541. The average Bonchev–Trinajstić information content (AvgIpc) is 2.79. The number of rotatable bonds is 4. The topological polar surface area (TPSA) is 40.7 Å². The Labute approximate surface area is 109 Å². The van der Waals surface area contributed by atoms with Gasteiger partial charge < -0.3 is 5.32 Å². The third-order valence-electron chi connectivity index (χ3n) is 3.47. The van der Waals surface area contributed by atoms with Crippen LogP contribution in [0.1, 0.15) is 22.4 Å². The average molecular weight is 243 g/mol. The number of aromatic nitrogens is 2. The van der Waals surface area contributed by atoms with E-state index in [-0.39, 0.29) is 0 Å². The Kier molecular flexibility index (Phi) is 3.82. The van der Waals surface area contributed by atoms with Crippen LogP contribution in [0.3, 0.4) is 0 Å². The molecule has 96 valence electrons. The molecule has 0 aliphatic rings. The summed E-state index contributed by atoms with van der Waals surface area (Å²) in [7, 11) is 1.97. The Hall–Kier alpha value is -1.61. The van der Waals surface area contributed by atoms with Gasteiger partial charge in [0.15, 0.2) is 0 Å². The van der Waals surface area contributed by atoms with E-state index in [0.717, 1.165) is 13.0 Å². The molecule has 1 heterocycles. The monoisotopic (exact) mass is 243 g/mol. The maximum atomic E-state index is 4.19. The quantitative estimate of drug-likeness (QED) is 0.867. The molecule has 0 atom stereocenters. The van der Waals surface area contributed by atoms with Crippen LogP contribution >= 0.6 is 0 Å². The van der Waals surface area contributed by atoms with Gasteiger partial charge in [0.1, 0.15) is 0 Å². The van der Waals surface area contributed by atoms with Crippen molar-refractivity contribution < 1.29 is 0 Å². The van der Waals surface area contributed by atoms with E-state index in [9.17, 15) is 0 Å². The molecule has 0 radical (unpaired) electrons. The maximum absolute atomic E-state index is 4.19. The van der Waals surface area contributed by atoms with Crippen LogP contribution in [0.2, 0.25) is 0 Å². The molecule has 0 aliphatic carbocycles. The minimum absolute atomic E-state index is 0.957. The van der Waals surface area contributed by atoms with Crippen molar-refractivity contribution in [3.05, 3.63) is 40.7 Å². The van der Waals surface area contributed by atoms with E-state index in [4.69, 9.17) is 0 Å². The van der Waals surface area contributed by atoms with Crippen LogP contribution in [0.4, 0.5) is 0 Å². The molecule has 1 aromatic carbocycles. The molecule has 0 saturated heterocycles. The zero-order chi connectivity index (χ0) is 13.1. The molecule has 0 bridgehead atoms. The second-order valence-electron chi connectivity index (χ2n) is 4.87. The number of likely N-dealkylation sites (N-methyl/N-ethyl adjacent to an activating group) is 1. The van der Waals surface area contributed by atoms with Crippen LogP contribution < -0.4 is 5.32 Å². The lowest BCUT2D eigenvalue weighted by molar-refractivity contribution is 0.773. The molecule has 2 aromatic rings. The summed E-state index contributed by atoms with van der Waals surface area (Å²) in [5.41, 5.74) is 7.71. The van der Waals surface area contributed by atoms with E-state index in [1.165, 1.54) is 33.5 Å². The first-order valence-corrected chi connectivity index (χ1v) is 6.38. The van der Waals surface area contributed by atoms with Crippen molar-refractivity contribution in [2.45, 2.75) is 27.2 Å². The highest BCUT2D eigenvalue weighted by Crippen LogP contribution is 2.28. The third kappa shape index (κ3) is 2.46. The molecule has 3 heteroatoms. The van der Waals surface area contributed by atoms with Crippen LogP contribution in [0, 0.1) is 20.8 Å². The lowest BCUT2D eigenvalue weighted by Gasteiger charge is -2.10. The van der Waals surface area contributed by atoms with Crippen molar-refractivity contribution >= 4 is 0 Å². The maximum Gasteiger partial charge on any atom is 0.0568 e. The normalized spacial score (nSPS) is 10.9. The van der Waals surface area contributed by atoms with Gasteiger partial charge in [-0.2, -0.15) is 5.10 Å². The number of hydrogen-bond acceptors (Lipinski definition) is 2. The molecule has 2 N–H and O–H groups in total. The molecular weight excluding hydrogens is 222 g/mol. The van der Waals surface area contributed by atoms with Crippen molar-refractivity contribution in [2.75, 3.05) is 13.6 Å². The van der Waals surface area contributed by atoms with Gasteiger partial charge in [0, 0.05) is 24.2 Å². The van der Waals surface area contributed by atoms with Gasteiger partial charge in [0.2, 0.25) is 0 Å². The van der Waals surface area contributed by atoms with E-state index in [2.05, 4.69) is 48.4 Å². The van der Waals surface area contributed by atoms with E-state index in [1.54, 1.807) is 0 Å². The molecule has 0 unspecified atom stereocenters. The molecule has 0 fully saturated rings. The Balaban J connectivity index is 2.42. The van der Waals surface area contributed by atoms with Gasteiger partial charge in [-0.15, -0.1) is 0 Å². The van der Waals surface area contributed by atoms with Crippen LogP contribution in [0.15, 0.2) is 18.3 Å². The molecule has 0 amide bonds. The van der Waals surface area contributed by atoms with Gasteiger partial charge in [-0.1, -0.05) is 12.1 Å². The number of aromatic amines is 1. The van der Waals surface area contributed by atoms with Gasteiger partial charge >= 0.3 is 0 Å². The summed E-state index contributed by atoms with van der Waals surface area (Å²) in [5, 5.41) is 10.5. The van der Waals surface area contributed by atoms with E-state index in [0.29, 0.717) is 0 Å². The number of hydrogen-bond donors (Lipinski definition) is 2. The van der Waals surface area contributed by atoms with Crippen LogP contribution in [0.5, 0.6) is 0 Å². The summed E-state index contributed by atoms with van der Waals surface area (Å²) in [6.07, 6.45) is 2.90. The Morgan fingerprint density at radius 1 is 1.06 bits per heavy atom. The highest BCUT2D eigenvalue weighted by atomic mass is 15.1. The van der Waals surface area contributed by atoms with Crippen LogP contribution in [0.25, 0.3) is 11.1 Å². The molecule has 0 aliphatic heterocycles. The summed E-state index contributed by atoms with van der Waals surface area (Å²) < 4.78 is 0. The zero-order valence-electron chi connectivity index (χ0n) is 11.6.